The lowest BCUT2D eigenvalue weighted by Crippen LogP contribution is -2.29. The van der Waals surface area contributed by atoms with E-state index in [-0.39, 0.29) is 28.9 Å². The normalized spacial score (nSPS) is 12.2. The molecule has 0 saturated heterocycles. The molecule has 0 radical (unpaired) electrons. The van der Waals surface area contributed by atoms with E-state index < -0.39 is 17.8 Å². The Hall–Kier alpha value is -1.99. The summed E-state index contributed by atoms with van der Waals surface area (Å²) >= 11 is 0.219. The van der Waals surface area contributed by atoms with Crippen molar-refractivity contribution in [2.75, 3.05) is 6.54 Å². The second-order valence-electron chi connectivity index (χ2n) is 4.82. The van der Waals surface area contributed by atoms with E-state index in [1.54, 1.807) is 12.1 Å². The van der Waals surface area contributed by atoms with Gasteiger partial charge in [-0.25, -0.2) is 4.98 Å². The Balaban J connectivity index is 2.04. The van der Waals surface area contributed by atoms with Crippen molar-refractivity contribution in [2.24, 2.45) is 0 Å². The first-order valence-electron chi connectivity index (χ1n) is 6.90. The molecular weight excluding hydrogens is 322 g/mol. The average Bonchev–Trinajstić information content (AvgIpc) is 2.52. The zero-order valence-electron chi connectivity index (χ0n) is 12.4. The third-order valence-electron chi connectivity index (χ3n) is 3.22. The van der Waals surface area contributed by atoms with Gasteiger partial charge in [-0.3, -0.25) is 4.79 Å². The number of amides is 1. The lowest BCUT2D eigenvalue weighted by molar-refractivity contribution is 0.0912. The number of halogens is 2. The van der Waals surface area contributed by atoms with Crippen molar-refractivity contribution in [3.63, 3.8) is 0 Å². The predicted octanol–water partition coefficient (Wildman–Crippen LogP) is 3.17. The van der Waals surface area contributed by atoms with Crippen LogP contribution < -0.4 is 5.32 Å². The highest BCUT2D eigenvalue weighted by molar-refractivity contribution is 7.99. The first-order valence-corrected chi connectivity index (χ1v) is 7.78. The van der Waals surface area contributed by atoms with Gasteiger partial charge in [-0.05, 0) is 41.9 Å². The summed E-state index contributed by atoms with van der Waals surface area (Å²) < 4.78 is 25.0. The van der Waals surface area contributed by atoms with Crippen LogP contribution in [0.15, 0.2) is 47.6 Å². The molecule has 1 heterocycles. The summed E-state index contributed by atoms with van der Waals surface area (Å²) in [6.45, 7) is 1.84. The summed E-state index contributed by atoms with van der Waals surface area (Å²) in [5, 5.41) is 12.7. The number of aromatic nitrogens is 1. The molecule has 0 bridgehead atoms. The SMILES string of the molecule is Cc1ccccc1C(O)CNC(=O)c1cccnc1SC(F)F. The van der Waals surface area contributed by atoms with Gasteiger partial charge in [0.1, 0.15) is 5.03 Å². The third kappa shape index (κ3) is 4.74. The van der Waals surface area contributed by atoms with Crippen LogP contribution in [0.4, 0.5) is 8.78 Å². The van der Waals surface area contributed by atoms with E-state index in [0.717, 1.165) is 5.56 Å². The van der Waals surface area contributed by atoms with Crippen molar-refractivity contribution in [2.45, 2.75) is 23.8 Å². The van der Waals surface area contributed by atoms with Gasteiger partial charge in [0.05, 0.1) is 11.7 Å². The van der Waals surface area contributed by atoms with E-state index in [1.165, 1.54) is 18.3 Å². The van der Waals surface area contributed by atoms with Crippen LogP contribution in [-0.4, -0.2) is 28.3 Å². The summed E-state index contributed by atoms with van der Waals surface area (Å²) in [4.78, 5) is 15.9. The number of rotatable bonds is 6. The fraction of sp³-hybridized carbons (Fsp3) is 0.250. The lowest BCUT2D eigenvalue weighted by atomic mass is 10.0. The molecule has 0 aliphatic carbocycles. The van der Waals surface area contributed by atoms with E-state index in [2.05, 4.69) is 10.3 Å². The molecule has 1 unspecified atom stereocenters. The number of aliphatic hydroxyl groups is 1. The molecule has 0 fully saturated rings. The van der Waals surface area contributed by atoms with Gasteiger partial charge in [-0.1, -0.05) is 24.3 Å². The predicted molar refractivity (Wildman–Crippen MR) is 84.6 cm³/mol. The van der Waals surface area contributed by atoms with Crippen molar-refractivity contribution < 1.29 is 18.7 Å². The molecule has 1 aromatic carbocycles. The number of hydrogen-bond acceptors (Lipinski definition) is 4. The number of aliphatic hydroxyl groups excluding tert-OH is 1. The minimum absolute atomic E-state index is 0.0165. The number of nitrogens with one attached hydrogen (secondary N) is 1. The molecule has 1 amide bonds. The number of thioether (sulfide) groups is 1. The van der Waals surface area contributed by atoms with Crippen molar-refractivity contribution in [3.8, 4) is 0 Å². The van der Waals surface area contributed by atoms with Crippen LogP contribution in [-0.2, 0) is 0 Å². The maximum Gasteiger partial charge on any atom is 0.290 e. The number of carbonyl (C=O) groups excluding carboxylic acids is 1. The molecule has 2 N–H and O–H groups in total. The van der Waals surface area contributed by atoms with Crippen LogP contribution in [0.1, 0.15) is 27.6 Å². The molecule has 2 rings (SSSR count). The van der Waals surface area contributed by atoms with Crippen molar-refractivity contribution in [3.05, 3.63) is 59.3 Å². The summed E-state index contributed by atoms with van der Waals surface area (Å²) in [5.74, 6) is -3.21. The fourth-order valence-corrected chi connectivity index (χ4v) is 2.68. The number of benzene rings is 1. The summed E-state index contributed by atoms with van der Waals surface area (Å²) in [6.07, 6.45) is 0.479. The van der Waals surface area contributed by atoms with Crippen LogP contribution in [0.25, 0.3) is 0 Å². The molecule has 0 saturated carbocycles. The Morgan fingerprint density at radius 1 is 1.30 bits per heavy atom. The van der Waals surface area contributed by atoms with Gasteiger partial charge >= 0.3 is 0 Å². The van der Waals surface area contributed by atoms with Crippen molar-refractivity contribution >= 4 is 17.7 Å². The Bertz CT molecular complexity index is 683. The molecule has 4 nitrogen and oxygen atoms in total. The van der Waals surface area contributed by atoms with Gasteiger partial charge in [0.15, 0.2) is 0 Å². The van der Waals surface area contributed by atoms with Crippen LogP contribution in [0.2, 0.25) is 0 Å². The van der Waals surface area contributed by atoms with Crippen molar-refractivity contribution in [1.29, 1.82) is 0 Å². The quantitative estimate of drug-likeness (QED) is 0.794. The van der Waals surface area contributed by atoms with E-state index >= 15 is 0 Å². The summed E-state index contributed by atoms with van der Waals surface area (Å²) in [7, 11) is 0. The van der Waals surface area contributed by atoms with E-state index in [0.29, 0.717) is 5.56 Å². The molecule has 1 aromatic heterocycles. The largest absolute Gasteiger partial charge is 0.387 e. The summed E-state index contributed by atoms with van der Waals surface area (Å²) in [6, 6.07) is 10.2. The van der Waals surface area contributed by atoms with Crippen molar-refractivity contribution in [1.82, 2.24) is 10.3 Å². The van der Waals surface area contributed by atoms with Gasteiger partial charge < -0.3 is 10.4 Å². The van der Waals surface area contributed by atoms with Crippen LogP contribution >= 0.6 is 11.8 Å². The third-order valence-corrected chi connectivity index (χ3v) is 3.95. The standard InChI is InChI=1S/C16H16F2N2O2S/c1-10-5-2-3-6-11(10)13(21)9-20-14(22)12-7-4-8-19-15(12)23-16(17)18/h2-8,13,16,21H,9H2,1H3,(H,20,22). The molecule has 1 atom stereocenters. The first-order chi connectivity index (χ1) is 11.0. The zero-order valence-corrected chi connectivity index (χ0v) is 13.2. The van der Waals surface area contributed by atoms with Crippen LogP contribution in [0.5, 0.6) is 0 Å². The zero-order chi connectivity index (χ0) is 16.8. The number of hydrogen-bond donors (Lipinski definition) is 2. The number of alkyl halides is 2. The maximum atomic E-state index is 12.5. The lowest BCUT2D eigenvalue weighted by Gasteiger charge is -2.15. The number of nitrogens with zero attached hydrogens (tertiary/aromatic N) is 1. The van der Waals surface area contributed by atoms with E-state index in [1.807, 2.05) is 19.1 Å². The second-order valence-corrected chi connectivity index (χ2v) is 5.80. The molecule has 7 heteroatoms. The van der Waals surface area contributed by atoms with E-state index in [4.69, 9.17) is 0 Å². The van der Waals surface area contributed by atoms with Gasteiger partial charge in [0.2, 0.25) is 0 Å². The Labute approximate surface area is 136 Å². The second kappa shape index (κ2) is 8.03. The molecular formula is C16H16F2N2O2S. The van der Waals surface area contributed by atoms with Gasteiger partial charge in [0.25, 0.3) is 11.7 Å². The average molecular weight is 338 g/mol. The topological polar surface area (TPSA) is 62.2 Å². The van der Waals surface area contributed by atoms with Crippen LogP contribution in [0.3, 0.4) is 0 Å². The summed E-state index contributed by atoms with van der Waals surface area (Å²) in [5.41, 5.74) is 1.68. The molecule has 2 aromatic rings. The molecule has 0 aliphatic rings. The van der Waals surface area contributed by atoms with Crippen LogP contribution in [0, 0.1) is 6.92 Å². The minimum Gasteiger partial charge on any atom is -0.387 e. The minimum atomic E-state index is -2.66. The van der Waals surface area contributed by atoms with Gasteiger partial charge in [-0.2, -0.15) is 8.78 Å². The Morgan fingerprint density at radius 2 is 2.04 bits per heavy atom. The van der Waals surface area contributed by atoms with Gasteiger partial charge in [-0.15, -0.1) is 0 Å². The fourth-order valence-electron chi connectivity index (χ4n) is 2.10. The molecule has 0 aliphatic heterocycles. The Kier molecular flexibility index (Phi) is 6.06. The smallest absolute Gasteiger partial charge is 0.290 e. The number of carbonyl (C=O) groups is 1. The first kappa shape index (κ1) is 17.4. The monoisotopic (exact) mass is 338 g/mol. The molecule has 23 heavy (non-hydrogen) atoms. The number of pyridine rings is 1. The highest BCUT2D eigenvalue weighted by Crippen LogP contribution is 2.26. The highest BCUT2D eigenvalue weighted by Gasteiger charge is 2.18. The van der Waals surface area contributed by atoms with Gasteiger partial charge in [0, 0.05) is 12.7 Å². The molecule has 0 spiro atoms. The highest BCUT2D eigenvalue weighted by atomic mass is 32.2. The molecule has 122 valence electrons. The number of aryl methyl sites for hydroxylation is 1. The Morgan fingerprint density at radius 3 is 2.74 bits per heavy atom. The maximum absolute atomic E-state index is 12.5. The van der Waals surface area contributed by atoms with E-state index in [9.17, 15) is 18.7 Å².